The average Bonchev–Trinajstić information content (AvgIpc) is 2.79. The first kappa shape index (κ1) is 21.0. The third-order valence-corrected chi connectivity index (χ3v) is 4.37. The van der Waals surface area contributed by atoms with Crippen LogP contribution in [0.3, 0.4) is 0 Å². The molecule has 0 saturated heterocycles. The molecule has 0 aromatic heterocycles. The van der Waals surface area contributed by atoms with E-state index in [0.717, 1.165) is 21.5 Å². The number of nitrogens with one attached hydrogen (secondary N) is 2. The summed E-state index contributed by atoms with van der Waals surface area (Å²) in [6.45, 7) is 0.665. The van der Waals surface area contributed by atoms with E-state index in [4.69, 9.17) is 18.9 Å². The lowest BCUT2D eigenvalue weighted by molar-refractivity contribution is 0.126. The Morgan fingerprint density at radius 2 is 0.967 bits per heavy atom. The van der Waals surface area contributed by atoms with Crippen molar-refractivity contribution in [3.05, 3.63) is 48.5 Å². The standard InChI is InChI=1S/C22H24N2O6/c1-23-21(25)29-13-11-27-19-15-7-3-5-9-17(15)20(18-10-6-4-8-16(18)19)28-12-14-30-22(26)24-2/h3-10H,11-14H2,1-2H3,(H,23,25)(H,24,26). The number of ether oxygens (including phenoxy) is 4. The number of carbonyl (C=O) groups is 2. The van der Waals surface area contributed by atoms with Crippen molar-refractivity contribution in [3.63, 3.8) is 0 Å². The molecule has 0 aliphatic heterocycles. The largest absolute Gasteiger partial charge is 0.489 e. The molecule has 3 aromatic carbocycles. The number of benzene rings is 3. The highest BCUT2D eigenvalue weighted by Crippen LogP contribution is 2.42. The number of amides is 2. The topological polar surface area (TPSA) is 95.1 Å². The van der Waals surface area contributed by atoms with E-state index in [-0.39, 0.29) is 26.4 Å². The summed E-state index contributed by atoms with van der Waals surface area (Å²) in [5, 5.41) is 8.29. The first-order valence-corrected chi connectivity index (χ1v) is 9.53. The normalized spacial score (nSPS) is 10.5. The lowest BCUT2D eigenvalue weighted by Crippen LogP contribution is -2.22. The second-order valence-corrected chi connectivity index (χ2v) is 6.22. The van der Waals surface area contributed by atoms with E-state index < -0.39 is 12.2 Å². The lowest BCUT2D eigenvalue weighted by atomic mass is 10.0. The van der Waals surface area contributed by atoms with Crippen LogP contribution in [-0.2, 0) is 9.47 Å². The van der Waals surface area contributed by atoms with Crippen molar-refractivity contribution < 1.29 is 28.5 Å². The van der Waals surface area contributed by atoms with Gasteiger partial charge >= 0.3 is 12.2 Å². The maximum absolute atomic E-state index is 11.2. The smallest absolute Gasteiger partial charge is 0.406 e. The van der Waals surface area contributed by atoms with E-state index >= 15 is 0 Å². The third kappa shape index (κ3) is 4.83. The van der Waals surface area contributed by atoms with Gasteiger partial charge in [0, 0.05) is 35.6 Å². The second kappa shape index (κ2) is 10.2. The van der Waals surface area contributed by atoms with Gasteiger partial charge in [0.15, 0.2) is 0 Å². The SMILES string of the molecule is CNC(=O)OCCOc1c2ccccc2c(OCCOC(=O)NC)c2ccccc12. The second-order valence-electron chi connectivity index (χ2n) is 6.22. The molecule has 0 aliphatic carbocycles. The van der Waals surface area contributed by atoms with E-state index in [0.29, 0.717) is 11.5 Å². The van der Waals surface area contributed by atoms with Crippen LogP contribution in [0.1, 0.15) is 0 Å². The molecule has 8 nitrogen and oxygen atoms in total. The van der Waals surface area contributed by atoms with E-state index in [9.17, 15) is 9.59 Å². The number of hydrogen-bond acceptors (Lipinski definition) is 6. The first-order valence-electron chi connectivity index (χ1n) is 9.53. The van der Waals surface area contributed by atoms with Gasteiger partial charge in [0.25, 0.3) is 0 Å². The Kier molecular flexibility index (Phi) is 7.15. The molecule has 0 saturated carbocycles. The molecular weight excluding hydrogens is 388 g/mol. The Hall–Kier alpha value is -3.68. The fourth-order valence-corrected chi connectivity index (χ4v) is 3.06. The number of carbonyl (C=O) groups excluding carboxylic acids is 2. The molecule has 0 fully saturated rings. The Morgan fingerprint density at radius 1 is 0.633 bits per heavy atom. The van der Waals surface area contributed by atoms with Gasteiger partial charge in [0.1, 0.15) is 37.9 Å². The van der Waals surface area contributed by atoms with Crippen molar-refractivity contribution in [2.75, 3.05) is 40.5 Å². The van der Waals surface area contributed by atoms with Crippen LogP contribution in [0, 0.1) is 0 Å². The predicted octanol–water partition coefficient (Wildman–Crippen LogP) is 3.46. The minimum atomic E-state index is -0.504. The zero-order valence-electron chi connectivity index (χ0n) is 16.9. The van der Waals surface area contributed by atoms with Crippen molar-refractivity contribution >= 4 is 33.7 Å². The highest BCUT2D eigenvalue weighted by molar-refractivity contribution is 6.11. The summed E-state index contributed by atoms with van der Waals surface area (Å²) in [6, 6.07) is 15.5. The lowest BCUT2D eigenvalue weighted by Gasteiger charge is -2.18. The molecule has 8 heteroatoms. The summed E-state index contributed by atoms with van der Waals surface area (Å²) in [5.41, 5.74) is 0. The summed E-state index contributed by atoms with van der Waals surface area (Å²) in [7, 11) is 3.01. The fraction of sp³-hybridized carbons (Fsp3) is 0.273. The number of fused-ring (bicyclic) bond motifs is 2. The molecule has 30 heavy (non-hydrogen) atoms. The van der Waals surface area contributed by atoms with Crippen molar-refractivity contribution in [3.8, 4) is 11.5 Å². The summed E-state index contributed by atoms with van der Waals surface area (Å²) >= 11 is 0. The predicted molar refractivity (Wildman–Crippen MR) is 113 cm³/mol. The van der Waals surface area contributed by atoms with Gasteiger partial charge in [0.05, 0.1) is 0 Å². The molecule has 0 heterocycles. The molecule has 3 aromatic rings. The highest BCUT2D eigenvalue weighted by Gasteiger charge is 2.16. The number of rotatable bonds is 8. The fourth-order valence-electron chi connectivity index (χ4n) is 3.06. The zero-order valence-corrected chi connectivity index (χ0v) is 16.9. The Morgan fingerprint density at radius 3 is 1.27 bits per heavy atom. The third-order valence-electron chi connectivity index (χ3n) is 4.37. The van der Waals surface area contributed by atoms with Gasteiger partial charge in [0.2, 0.25) is 0 Å². The van der Waals surface area contributed by atoms with Crippen molar-refractivity contribution in [2.45, 2.75) is 0 Å². The van der Waals surface area contributed by atoms with E-state index in [2.05, 4.69) is 10.6 Å². The molecule has 2 amide bonds. The van der Waals surface area contributed by atoms with Crippen molar-refractivity contribution in [1.82, 2.24) is 10.6 Å². The van der Waals surface area contributed by atoms with Gasteiger partial charge < -0.3 is 29.6 Å². The van der Waals surface area contributed by atoms with E-state index in [1.807, 2.05) is 48.5 Å². The van der Waals surface area contributed by atoms with Crippen molar-refractivity contribution in [2.24, 2.45) is 0 Å². The van der Waals surface area contributed by atoms with Gasteiger partial charge in [-0.3, -0.25) is 0 Å². The summed E-state index contributed by atoms with van der Waals surface area (Å²) in [6.07, 6.45) is -1.01. The number of alkyl carbamates (subject to hydrolysis) is 2. The summed E-state index contributed by atoms with van der Waals surface area (Å²) in [4.78, 5) is 22.5. The van der Waals surface area contributed by atoms with Crippen LogP contribution in [0.2, 0.25) is 0 Å². The van der Waals surface area contributed by atoms with Crippen LogP contribution in [0.5, 0.6) is 11.5 Å². The van der Waals surface area contributed by atoms with E-state index in [1.165, 1.54) is 14.1 Å². The molecule has 0 spiro atoms. The van der Waals surface area contributed by atoms with Crippen LogP contribution in [0.4, 0.5) is 9.59 Å². The van der Waals surface area contributed by atoms with Crippen LogP contribution in [0.25, 0.3) is 21.5 Å². The Labute approximate surface area is 174 Å². The first-order chi connectivity index (χ1) is 14.7. The van der Waals surface area contributed by atoms with Crippen molar-refractivity contribution in [1.29, 1.82) is 0 Å². The molecule has 3 rings (SSSR count). The Balaban J connectivity index is 1.90. The zero-order chi connectivity index (χ0) is 21.3. The maximum atomic E-state index is 11.2. The average molecular weight is 412 g/mol. The molecule has 0 bridgehead atoms. The van der Waals surface area contributed by atoms with E-state index in [1.54, 1.807) is 0 Å². The molecule has 158 valence electrons. The summed E-state index contributed by atoms with van der Waals surface area (Å²) in [5.74, 6) is 1.38. The van der Waals surface area contributed by atoms with Gasteiger partial charge in [-0.25, -0.2) is 9.59 Å². The van der Waals surface area contributed by atoms with Crippen LogP contribution >= 0.6 is 0 Å². The highest BCUT2D eigenvalue weighted by atomic mass is 16.6. The van der Waals surface area contributed by atoms with Gasteiger partial charge in [-0.2, -0.15) is 0 Å². The molecule has 0 aliphatic rings. The molecule has 0 unspecified atom stereocenters. The quantitative estimate of drug-likeness (QED) is 0.435. The minimum Gasteiger partial charge on any atom is -0.489 e. The Bertz CT molecular complexity index is 898. The van der Waals surface area contributed by atoms with Crippen LogP contribution < -0.4 is 20.1 Å². The molecular formula is C22H24N2O6. The number of hydrogen-bond donors (Lipinski definition) is 2. The van der Waals surface area contributed by atoms with Gasteiger partial charge in [-0.05, 0) is 0 Å². The molecule has 2 N–H and O–H groups in total. The molecule has 0 atom stereocenters. The minimum absolute atomic E-state index is 0.122. The van der Waals surface area contributed by atoms with Crippen LogP contribution in [-0.4, -0.2) is 52.7 Å². The van der Waals surface area contributed by atoms with Gasteiger partial charge in [-0.1, -0.05) is 48.5 Å². The molecule has 0 radical (unpaired) electrons. The van der Waals surface area contributed by atoms with Gasteiger partial charge in [-0.15, -0.1) is 0 Å². The monoisotopic (exact) mass is 412 g/mol. The summed E-state index contributed by atoms with van der Waals surface area (Å²) < 4.78 is 22.0. The maximum Gasteiger partial charge on any atom is 0.406 e. The van der Waals surface area contributed by atoms with Crippen LogP contribution in [0.15, 0.2) is 48.5 Å².